The van der Waals surface area contributed by atoms with Gasteiger partial charge in [0.2, 0.25) is 5.91 Å². The van der Waals surface area contributed by atoms with Crippen molar-refractivity contribution in [2.45, 2.75) is 25.8 Å². The monoisotopic (exact) mass is 288 g/mol. The van der Waals surface area contributed by atoms with Gasteiger partial charge in [0.05, 0.1) is 12.4 Å². The lowest BCUT2D eigenvalue weighted by Gasteiger charge is -2.38. The van der Waals surface area contributed by atoms with Gasteiger partial charge in [0.15, 0.2) is 0 Å². The molecule has 1 amide bonds. The Hall–Kier alpha value is -2.24. The average molecular weight is 288 g/mol. The zero-order valence-electron chi connectivity index (χ0n) is 11.9. The molecule has 1 fully saturated rings. The Morgan fingerprint density at radius 3 is 2.71 bits per heavy atom. The molecule has 1 aliphatic heterocycles. The smallest absolute Gasteiger partial charge is 0.223 e. The first kappa shape index (κ1) is 13.7. The maximum absolute atomic E-state index is 13.2. The molecule has 3 rings (SSSR count). The highest BCUT2D eigenvalue weighted by molar-refractivity contribution is 5.77. The number of aryl methyl sites for hydroxylation is 2. The molecule has 0 atom stereocenters. The predicted molar refractivity (Wildman–Crippen MR) is 75.1 cm³/mol. The van der Waals surface area contributed by atoms with Gasteiger partial charge in [-0.05, 0) is 30.5 Å². The van der Waals surface area contributed by atoms with E-state index >= 15 is 0 Å². The lowest BCUT2D eigenvalue weighted by atomic mass is 10.0. The quantitative estimate of drug-likeness (QED) is 0.861. The van der Waals surface area contributed by atoms with E-state index in [9.17, 15) is 9.18 Å². The number of benzene rings is 1. The van der Waals surface area contributed by atoms with E-state index in [1.54, 1.807) is 36.2 Å². The van der Waals surface area contributed by atoms with Crippen molar-refractivity contribution < 1.29 is 9.18 Å². The number of rotatable bonds is 4. The molecule has 1 aromatic heterocycles. The van der Waals surface area contributed by atoms with Crippen molar-refractivity contribution in [1.29, 1.82) is 0 Å². The van der Waals surface area contributed by atoms with Crippen LogP contribution < -0.4 is 0 Å². The molecular weight excluding hydrogens is 271 g/mol. The van der Waals surface area contributed by atoms with Gasteiger partial charge < -0.3 is 4.90 Å². The van der Waals surface area contributed by atoms with E-state index in [4.69, 9.17) is 0 Å². The SMILES string of the molecule is Cc1cc(CCC(=O)N2CC(n3nccn3)C2)ccc1F. The topological polar surface area (TPSA) is 51.0 Å². The number of carbonyl (C=O) groups is 1. The molecule has 0 unspecified atom stereocenters. The number of aromatic nitrogens is 3. The fourth-order valence-corrected chi connectivity index (χ4v) is 2.49. The predicted octanol–water partition coefficient (Wildman–Crippen LogP) is 1.74. The van der Waals surface area contributed by atoms with E-state index in [-0.39, 0.29) is 17.8 Å². The molecule has 0 radical (unpaired) electrons. The highest BCUT2D eigenvalue weighted by atomic mass is 19.1. The summed E-state index contributed by atoms with van der Waals surface area (Å²) in [5, 5.41) is 8.15. The Morgan fingerprint density at radius 2 is 2.05 bits per heavy atom. The highest BCUT2D eigenvalue weighted by Crippen LogP contribution is 2.20. The van der Waals surface area contributed by atoms with Gasteiger partial charge in [-0.15, -0.1) is 0 Å². The van der Waals surface area contributed by atoms with Gasteiger partial charge in [0.25, 0.3) is 0 Å². The Bertz CT molecular complexity index is 635. The number of nitrogens with zero attached hydrogens (tertiary/aromatic N) is 4. The van der Waals surface area contributed by atoms with E-state index in [0.29, 0.717) is 31.5 Å². The van der Waals surface area contributed by atoms with Crippen LogP contribution in [0.4, 0.5) is 4.39 Å². The third-order valence-corrected chi connectivity index (χ3v) is 3.83. The number of halogens is 1. The molecule has 2 heterocycles. The Kier molecular flexibility index (Phi) is 3.68. The molecular formula is C15H17FN4O. The van der Waals surface area contributed by atoms with Crippen LogP contribution in [0.25, 0.3) is 0 Å². The van der Waals surface area contributed by atoms with Crippen LogP contribution in [0.5, 0.6) is 0 Å². The van der Waals surface area contributed by atoms with Crippen LogP contribution in [0.1, 0.15) is 23.6 Å². The standard InChI is InChI=1S/C15H17FN4O/c1-11-8-12(2-4-14(11)16)3-5-15(21)19-9-13(10-19)20-17-6-7-18-20/h2,4,6-8,13H,3,5,9-10H2,1H3. The summed E-state index contributed by atoms with van der Waals surface area (Å²) in [6, 6.07) is 5.19. The fraction of sp³-hybridized carbons (Fsp3) is 0.400. The first-order chi connectivity index (χ1) is 10.1. The maximum Gasteiger partial charge on any atom is 0.223 e. The van der Waals surface area contributed by atoms with Crippen molar-refractivity contribution in [3.63, 3.8) is 0 Å². The summed E-state index contributed by atoms with van der Waals surface area (Å²) in [5.41, 5.74) is 1.61. The van der Waals surface area contributed by atoms with Gasteiger partial charge in [-0.3, -0.25) is 4.79 Å². The zero-order valence-corrected chi connectivity index (χ0v) is 11.9. The fourth-order valence-electron chi connectivity index (χ4n) is 2.49. The maximum atomic E-state index is 13.2. The average Bonchev–Trinajstić information content (AvgIpc) is 2.92. The molecule has 0 bridgehead atoms. The molecule has 0 spiro atoms. The second-order valence-corrected chi connectivity index (χ2v) is 5.39. The third kappa shape index (κ3) is 2.94. The molecule has 0 aliphatic carbocycles. The highest BCUT2D eigenvalue weighted by Gasteiger charge is 2.32. The van der Waals surface area contributed by atoms with E-state index in [0.717, 1.165) is 5.56 Å². The Labute approximate surface area is 122 Å². The van der Waals surface area contributed by atoms with Crippen molar-refractivity contribution in [1.82, 2.24) is 19.9 Å². The second-order valence-electron chi connectivity index (χ2n) is 5.39. The molecule has 5 nitrogen and oxygen atoms in total. The number of carbonyl (C=O) groups excluding carboxylic acids is 1. The summed E-state index contributed by atoms with van der Waals surface area (Å²) in [4.78, 5) is 15.5. The van der Waals surface area contributed by atoms with Crippen LogP contribution in [0, 0.1) is 12.7 Å². The molecule has 21 heavy (non-hydrogen) atoms. The molecule has 1 aromatic carbocycles. The minimum atomic E-state index is -0.206. The lowest BCUT2D eigenvalue weighted by Crippen LogP contribution is -2.51. The number of likely N-dealkylation sites (tertiary alicyclic amines) is 1. The van der Waals surface area contributed by atoms with Crippen LogP contribution in [-0.4, -0.2) is 38.9 Å². The van der Waals surface area contributed by atoms with Gasteiger partial charge >= 0.3 is 0 Å². The summed E-state index contributed by atoms with van der Waals surface area (Å²) in [5.74, 6) is -0.0808. The van der Waals surface area contributed by atoms with E-state index in [1.165, 1.54) is 6.07 Å². The number of amides is 1. The van der Waals surface area contributed by atoms with Crippen LogP contribution in [-0.2, 0) is 11.2 Å². The normalized spacial score (nSPS) is 15.0. The molecule has 0 saturated carbocycles. The van der Waals surface area contributed by atoms with Crippen molar-refractivity contribution in [3.05, 3.63) is 47.5 Å². The Morgan fingerprint density at radius 1 is 1.33 bits per heavy atom. The van der Waals surface area contributed by atoms with Gasteiger partial charge in [0.1, 0.15) is 11.9 Å². The first-order valence-electron chi connectivity index (χ1n) is 7.02. The van der Waals surface area contributed by atoms with Crippen LogP contribution in [0.2, 0.25) is 0 Å². The number of hydrogen-bond donors (Lipinski definition) is 0. The zero-order chi connectivity index (χ0) is 14.8. The Balaban J connectivity index is 1.48. The molecule has 6 heteroatoms. The summed E-state index contributed by atoms with van der Waals surface area (Å²) in [6.07, 6.45) is 4.37. The van der Waals surface area contributed by atoms with Crippen molar-refractivity contribution in [2.75, 3.05) is 13.1 Å². The van der Waals surface area contributed by atoms with Gasteiger partial charge in [-0.25, -0.2) is 4.39 Å². The van der Waals surface area contributed by atoms with E-state index in [1.807, 2.05) is 4.90 Å². The lowest BCUT2D eigenvalue weighted by molar-refractivity contribution is -0.137. The molecule has 110 valence electrons. The van der Waals surface area contributed by atoms with Gasteiger partial charge in [0, 0.05) is 19.5 Å². The van der Waals surface area contributed by atoms with E-state index < -0.39 is 0 Å². The third-order valence-electron chi connectivity index (χ3n) is 3.83. The molecule has 0 N–H and O–H groups in total. The summed E-state index contributed by atoms with van der Waals surface area (Å²) in [7, 11) is 0. The second kappa shape index (κ2) is 5.63. The van der Waals surface area contributed by atoms with Crippen LogP contribution in [0.15, 0.2) is 30.6 Å². The van der Waals surface area contributed by atoms with Gasteiger partial charge in [-0.2, -0.15) is 15.0 Å². The van der Waals surface area contributed by atoms with Crippen molar-refractivity contribution in [2.24, 2.45) is 0 Å². The van der Waals surface area contributed by atoms with Crippen LogP contribution >= 0.6 is 0 Å². The van der Waals surface area contributed by atoms with E-state index in [2.05, 4.69) is 10.2 Å². The van der Waals surface area contributed by atoms with Gasteiger partial charge in [-0.1, -0.05) is 12.1 Å². The minimum Gasteiger partial charge on any atom is -0.338 e. The van der Waals surface area contributed by atoms with Crippen molar-refractivity contribution >= 4 is 5.91 Å². The minimum absolute atomic E-state index is 0.125. The molecule has 1 aliphatic rings. The van der Waals surface area contributed by atoms with Crippen LogP contribution in [0.3, 0.4) is 0 Å². The summed E-state index contributed by atoms with van der Waals surface area (Å²) in [6.45, 7) is 3.06. The van der Waals surface area contributed by atoms with Crippen molar-refractivity contribution in [3.8, 4) is 0 Å². The number of hydrogen-bond acceptors (Lipinski definition) is 3. The summed E-state index contributed by atoms with van der Waals surface area (Å²) >= 11 is 0. The first-order valence-corrected chi connectivity index (χ1v) is 7.02. The summed E-state index contributed by atoms with van der Waals surface area (Å²) < 4.78 is 13.2. The largest absolute Gasteiger partial charge is 0.338 e. The molecule has 2 aromatic rings. The molecule has 1 saturated heterocycles.